The van der Waals surface area contributed by atoms with Gasteiger partial charge < -0.3 is 15.3 Å². The number of benzene rings is 2. The lowest BCUT2D eigenvalue weighted by Crippen LogP contribution is -2.29. The third-order valence-corrected chi connectivity index (χ3v) is 5.53. The van der Waals surface area contributed by atoms with Gasteiger partial charge in [-0.1, -0.05) is 43.3 Å². The van der Waals surface area contributed by atoms with Gasteiger partial charge in [0.05, 0.1) is 12.3 Å². The first kappa shape index (κ1) is 18.1. The molecule has 2 aromatic carbocycles. The van der Waals surface area contributed by atoms with Crippen molar-refractivity contribution in [3.63, 3.8) is 0 Å². The Morgan fingerprint density at radius 1 is 1.12 bits per heavy atom. The van der Waals surface area contributed by atoms with Gasteiger partial charge in [0.25, 0.3) is 0 Å². The fourth-order valence-electron chi connectivity index (χ4n) is 2.93. The number of anilines is 1. The molecule has 2 atom stereocenters. The van der Waals surface area contributed by atoms with Gasteiger partial charge in [-0.2, -0.15) is 8.42 Å². The van der Waals surface area contributed by atoms with Gasteiger partial charge in [0.15, 0.2) is 0 Å². The molecule has 2 aromatic rings. The molecule has 1 heterocycles. The molecule has 8 heteroatoms. The van der Waals surface area contributed by atoms with Crippen LogP contribution in [0.15, 0.2) is 60.6 Å². The largest absolute Gasteiger partial charge is 0.506 e. The summed E-state index contributed by atoms with van der Waals surface area (Å²) in [6.07, 6.45) is 0.822. The molecular formula is C18H20N2O5S. The number of aliphatic hydroxyl groups excluding tert-OH is 2. The lowest BCUT2D eigenvalue weighted by Gasteiger charge is -2.20. The highest BCUT2D eigenvalue weighted by atomic mass is 32.2. The minimum Gasteiger partial charge on any atom is -0.506 e. The van der Waals surface area contributed by atoms with E-state index < -0.39 is 22.2 Å². The van der Waals surface area contributed by atoms with E-state index in [4.69, 9.17) is 0 Å². The summed E-state index contributed by atoms with van der Waals surface area (Å²) in [6.45, 7) is 1.90. The highest BCUT2D eigenvalue weighted by Crippen LogP contribution is 2.34. The summed E-state index contributed by atoms with van der Waals surface area (Å²) in [5, 5.41) is 30.0. The molecule has 0 aromatic heterocycles. The van der Waals surface area contributed by atoms with Crippen LogP contribution in [0.1, 0.15) is 24.2 Å². The van der Waals surface area contributed by atoms with E-state index in [1.165, 1.54) is 12.1 Å². The summed E-state index contributed by atoms with van der Waals surface area (Å²) in [7, 11) is -3.96. The van der Waals surface area contributed by atoms with Gasteiger partial charge in [-0.05, 0) is 35.6 Å². The fourth-order valence-corrected chi connectivity index (χ4v) is 4.00. The second kappa shape index (κ2) is 6.89. The number of rotatable bonds is 5. The second-order valence-corrected chi connectivity index (χ2v) is 7.82. The summed E-state index contributed by atoms with van der Waals surface area (Å²) < 4.78 is 26.5. The Morgan fingerprint density at radius 2 is 1.81 bits per heavy atom. The van der Waals surface area contributed by atoms with Gasteiger partial charge in [0.1, 0.15) is 11.4 Å². The van der Waals surface area contributed by atoms with Crippen LogP contribution in [0.3, 0.4) is 0 Å². The van der Waals surface area contributed by atoms with Gasteiger partial charge in [-0.25, -0.2) is 9.03 Å². The fraction of sp³-hybridized carbons (Fsp3) is 0.222. The summed E-state index contributed by atoms with van der Waals surface area (Å²) in [5.41, 5.74) is 1.60. The van der Waals surface area contributed by atoms with Crippen LogP contribution in [-0.4, -0.2) is 23.7 Å². The van der Waals surface area contributed by atoms with Crippen molar-refractivity contribution >= 4 is 15.9 Å². The van der Waals surface area contributed by atoms with Gasteiger partial charge in [-0.15, -0.1) is 0 Å². The molecule has 0 aliphatic carbocycles. The van der Waals surface area contributed by atoms with Gasteiger partial charge in [0.2, 0.25) is 5.88 Å². The molecule has 0 radical (unpaired) electrons. The second-order valence-electron chi connectivity index (χ2n) is 6.28. The molecule has 0 saturated heterocycles. The van der Waals surface area contributed by atoms with E-state index in [1.54, 1.807) is 6.07 Å². The highest BCUT2D eigenvalue weighted by Gasteiger charge is 2.30. The van der Waals surface area contributed by atoms with E-state index in [9.17, 15) is 23.7 Å². The third kappa shape index (κ3) is 3.61. The topological polar surface area (TPSA) is 110 Å². The lowest BCUT2D eigenvalue weighted by atomic mass is 9.91. The minimum absolute atomic E-state index is 0.0292. The molecule has 26 heavy (non-hydrogen) atoms. The van der Waals surface area contributed by atoms with Crippen molar-refractivity contribution in [2.75, 3.05) is 4.31 Å². The van der Waals surface area contributed by atoms with Crippen molar-refractivity contribution in [2.45, 2.75) is 19.4 Å². The minimum atomic E-state index is -3.96. The first-order valence-corrected chi connectivity index (χ1v) is 9.50. The van der Waals surface area contributed by atoms with E-state index in [2.05, 4.69) is 0 Å². The Balaban J connectivity index is 1.78. The first-order chi connectivity index (χ1) is 12.3. The molecule has 0 amide bonds. The molecule has 1 aliphatic heterocycles. The maximum absolute atomic E-state index is 11.9. The van der Waals surface area contributed by atoms with Crippen LogP contribution in [0.5, 0.6) is 5.75 Å². The molecule has 0 spiro atoms. The Bertz CT molecular complexity index is 928. The van der Waals surface area contributed by atoms with Crippen molar-refractivity contribution in [3.05, 3.63) is 71.7 Å². The van der Waals surface area contributed by atoms with E-state index in [-0.39, 0.29) is 17.4 Å². The lowest BCUT2D eigenvalue weighted by molar-refractivity contribution is 0.117. The summed E-state index contributed by atoms with van der Waals surface area (Å²) in [5.74, 6) is -0.864. The standard InChI is InChI=1S/C18H20N2O5S/c1-12(18(23)14-5-3-2-4-6-14)9-13-7-8-15(16(21)10-13)20-11-17(22)19-26(20,24)25/h2-8,10-12,18-19,21-23H,9H2,1H3. The van der Waals surface area contributed by atoms with Crippen LogP contribution in [0.2, 0.25) is 0 Å². The molecule has 0 bridgehead atoms. The van der Waals surface area contributed by atoms with Crippen LogP contribution in [0.25, 0.3) is 0 Å². The Kier molecular flexibility index (Phi) is 4.80. The van der Waals surface area contributed by atoms with Crippen molar-refractivity contribution in [1.82, 2.24) is 4.72 Å². The number of hydrogen-bond donors (Lipinski definition) is 4. The van der Waals surface area contributed by atoms with Gasteiger partial charge in [0, 0.05) is 0 Å². The molecule has 4 N–H and O–H groups in total. The average molecular weight is 376 g/mol. The monoisotopic (exact) mass is 376 g/mol. The number of phenols is 1. The van der Waals surface area contributed by atoms with E-state index in [0.29, 0.717) is 6.42 Å². The number of nitrogens with one attached hydrogen (secondary N) is 1. The number of phenolic OH excluding ortho intramolecular Hbond substituents is 1. The Labute approximate surface area is 152 Å². The van der Waals surface area contributed by atoms with Crippen LogP contribution < -0.4 is 9.03 Å². The zero-order valence-electron chi connectivity index (χ0n) is 14.1. The molecule has 7 nitrogen and oxygen atoms in total. The molecule has 0 fully saturated rings. The van der Waals surface area contributed by atoms with Crippen LogP contribution in [0.4, 0.5) is 5.69 Å². The van der Waals surface area contributed by atoms with Gasteiger partial charge in [-0.3, -0.25) is 0 Å². The molecule has 2 unspecified atom stereocenters. The number of aromatic hydroxyl groups is 1. The smallest absolute Gasteiger partial charge is 0.330 e. The van der Waals surface area contributed by atoms with Crippen LogP contribution in [0, 0.1) is 5.92 Å². The van der Waals surface area contributed by atoms with Crippen LogP contribution >= 0.6 is 0 Å². The van der Waals surface area contributed by atoms with Crippen molar-refractivity contribution in [3.8, 4) is 5.75 Å². The zero-order valence-corrected chi connectivity index (χ0v) is 14.9. The molecule has 138 valence electrons. The summed E-state index contributed by atoms with van der Waals surface area (Å²) in [6, 6.07) is 13.9. The predicted octanol–water partition coefficient (Wildman–Crippen LogP) is 2.32. The normalized spacial score (nSPS) is 18.1. The molecule has 3 rings (SSSR count). The maximum Gasteiger partial charge on any atom is 0.330 e. The van der Waals surface area contributed by atoms with Crippen molar-refractivity contribution in [1.29, 1.82) is 0 Å². The summed E-state index contributed by atoms with van der Waals surface area (Å²) in [4.78, 5) is 0. The van der Waals surface area contributed by atoms with Gasteiger partial charge >= 0.3 is 10.2 Å². The van der Waals surface area contributed by atoms with E-state index >= 15 is 0 Å². The summed E-state index contributed by atoms with van der Waals surface area (Å²) >= 11 is 0. The maximum atomic E-state index is 11.9. The SMILES string of the molecule is CC(Cc1ccc(N2C=C(O)NS2(=O)=O)c(O)c1)C(O)c1ccccc1. The van der Waals surface area contributed by atoms with Crippen molar-refractivity contribution < 1.29 is 23.7 Å². The number of hydrogen-bond acceptors (Lipinski definition) is 5. The quantitative estimate of drug-likeness (QED) is 0.640. The number of nitrogens with zero attached hydrogens (tertiary/aromatic N) is 1. The van der Waals surface area contributed by atoms with Crippen LogP contribution in [-0.2, 0) is 16.6 Å². The third-order valence-electron chi connectivity index (χ3n) is 4.25. The number of aliphatic hydroxyl groups is 2. The Hall–Kier alpha value is -2.71. The zero-order chi connectivity index (χ0) is 18.9. The van der Waals surface area contributed by atoms with Crippen molar-refractivity contribution in [2.24, 2.45) is 5.92 Å². The van der Waals surface area contributed by atoms with E-state index in [1.807, 2.05) is 42.0 Å². The first-order valence-electron chi connectivity index (χ1n) is 8.06. The Morgan fingerprint density at radius 3 is 2.38 bits per heavy atom. The van der Waals surface area contributed by atoms with E-state index in [0.717, 1.165) is 21.6 Å². The molecular weight excluding hydrogens is 356 g/mol. The average Bonchev–Trinajstić information content (AvgIpc) is 2.87. The molecule has 0 saturated carbocycles. The highest BCUT2D eigenvalue weighted by molar-refractivity contribution is 7.91. The molecule has 1 aliphatic rings. The predicted molar refractivity (Wildman–Crippen MR) is 97.6 cm³/mol.